The normalized spacial score (nSPS) is 17.2. The summed E-state index contributed by atoms with van der Waals surface area (Å²) in [6.45, 7) is 3.37. The number of rotatable bonds is 8. The van der Waals surface area contributed by atoms with Gasteiger partial charge in [0.2, 0.25) is 11.8 Å². The minimum Gasteiger partial charge on any atom is -0.326 e. The van der Waals surface area contributed by atoms with Crippen molar-refractivity contribution in [1.82, 2.24) is 0 Å². The Hall–Kier alpha value is -3.67. The minimum atomic E-state index is -4.61. The van der Waals surface area contributed by atoms with Gasteiger partial charge in [-0.25, -0.2) is 8.78 Å². The highest BCUT2D eigenvalue weighted by Crippen LogP contribution is 2.65. The molecule has 0 radical (unpaired) electrons. The van der Waals surface area contributed by atoms with E-state index in [9.17, 15) is 36.3 Å². The molecule has 4 rings (SSSR count). The van der Waals surface area contributed by atoms with E-state index >= 15 is 0 Å². The van der Waals surface area contributed by atoms with Crippen molar-refractivity contribution in [2.75, 3.05) is 16.0 Å². The van der Waals surface area contributed by atoms with Crippen molar-refractivity contribution < 1.29 is 36.3 Å². The molecular weight excluding hydrogens is 628 g/mol. The zero-order chi connectivity index (χ0) is 31.0. The topological polar surface area (TPSA) is 87.3 Å². The number of nitrogens with one attached hydrogen (secondary N) is 3. The summed E-state index contributed by atoms with van der Waals surface area (Å²) < 4.78 is 66.8. The molecule has 1 fully saturated rings. The molecule has 1 aliphatic rings. The van der Waals surface area contributed by atoms with Crippen LogP contribution < -0.4 is 16.0 Å². The SMILES string of the molecule is C=CCC(=O)Nc1c(F)ccc(NC(=O)c2cc(NC(=O)[C@H]3[C@H](c4cccc(C(F)(F)F)c4)C3(Cl)Cl)ccc2Cl)c1F. The molecule has 0 unspecified atom stereocenters. The molecule has 2 atom stereocenters. The summed E-state index contributed by atoms with van der Waals surface area (Å²) in [6, 6.07) is 9.85. The van der Waals surface area contributed by atoms with Crippen LogP contribution in [0.5, 0.6) is 0 Å². The minimum absolute atomic E-state index is 0.0466. The van der Waals surface area contributed by atoms with Crippen LogP contribution in [0.15, 0.2) is 67.3 Å². The van der Waals surface area contributed by atoms with Crippen molar-refractivity contribution in [2.45, 2.75) is 22.8 Å². The van der Waals surface area contributed by atoms with Gasteiger partial charge >= 0.3 is 6.18 Å². The van der Waals surface area contributed by atoms with Crippen molar-refractivity contribution in [2.24, 2.45) is 5.92 Å². The Kier molecular flexibility index (Phi) is 8.86. The Labute approximate surface area is 250 Å². The molecule has 3 aromatic rings. The zero-order valence-electron chi connectivity index (χ0n) is 21.1. The van der Waals surface area contributed by atoms with Crippen LogP contribution in [-0.2, 0) is 15.8 Å². The maximum absolute atomic E-state index is 14.9. The molecule has 6 nitrogen and oxygen atoms in total. The molecule has 1 aliphatic carbocycles. The lowest BCUT2D eigenvalue weighted by Gasteiger charge is -2.13. The molecule has 3 aromatic carbocycles. The molecule has 0 bridgehead atoms. The Bertz CT molecular complexity index is 1600. The molecule has 0 heterocycles. The molecule has 3 N–H and O–H groups in total. The van der Waals surface area contributed by atoms with Crippen molar-refractivity contribution >= 4 is 69.6 Å². The second kappa shape index (κ2) is 11.9. The number of anilines is 3. The standard InChI is InChI=1S/C28H19Cl3F5N3O3/c1-2-4-20(40)39-24-18(32)9-10-19(23(24)33)38-25(41)16-12-15(7-8-17(16)29)37-26(42)22-21(27(22,30)31)13-5-3-6-14(11-13)28(34,35)36/h2-3,5-12,21-22H,1,4H2,(H,37,42)(H,38,41)(H,39,40)/t21-,22+/m0/s1. The summed E-state index contributed by atoms with van der Waals surface area (Å²) in [5, 5.41) is 6.70. The predicted octanol–water partition coefficient (Wildman–Crippen LogP) is 7.93. The smallest absolute Gasteiger partial charge is 0.326 e. The second-order valence-electron chi connectivity index (χ2n) is 9.22. The quantitative estimate of drug-likeness (QED) is 0.132. The van der Waals surface area contributed by atoms with E-state index in [1.165, 1.54) is 30.3 Å². The van der Waals surface area contributed by atoms with Crippen LogP contribution >= 0.6 is 34.8 Å². The number of alkyl halides is 5. The van der Waals surface area contributed by atoms with E-state index in [4.69, 9.17) is 34.8 Å². The number of amides is 3. The van der Waals surface area contributed by atoms with E-state index in [1.807, 2.05) is 0 Å². The maximum Gasteiger partial charge on any atom is 0.416 e. The highest BCUT2D eigenvalue weighted by atomic mass is 35.5. The van der Waals surface area contributed by atoms with Crippen LogP contribution in [0.25, 0.3) is 0 Å². The third kappa shape index (κ3) is 6.53. The third-order valence-electron chi connectivity index (χ3n) is 6.32. The first-order chi connectivity index (χ1) is 19.6. The number of hydrogen-bond acceptors (Lipinski definition) is 3. The molecule has 42 heavy (non-hydrogen) atoms. The second-order valence-corrected chi connectivity index (χ2v) is 11.1. The van der Waals surface area contributed by atoms with Gasteiger partial charge in [-0.05, 0) is 42.0 Å². The van der Waals surface area contributed by atoms with E-state index in [0.717, 1.165) is 30.3 Å². The van der Waals surface area contributed by atoms with Crippen molar-refractivity contribution in [1.29, 1.82) is 0 Å². The van der Waals surface area contributed by atoms with Gasteiger partial charge in [0.05, 0.1) is 27.8 Å². The lowest BCUT2D eigenvalue weighted by atomic mass is 10.1. The Morgan fingerprint density at radius 2 is 1.69 bits per heavy atom. The Morgan fingerprint density at radius 3 is 2.36 bits per heavy atom. The molecule has 3 amide bonds. The van der Waals surface area contributed by atoms with E-state index in [2.05, 4.69) is 22.5 Å². The van der Waals surface area contributed by atoms with Gasteiger partial charge in [-0.3, -0.25) is 14.4 Å². The molecule has 0 saturated heterocycles. The number of carbonyl (C=O) groups is 3. The first-order valence-corrected chi connectivity index (χ1v) is 13.1. The fraction of sp³-hybridized carbons (Fsp3) is 0.179. The number of carbonyl (C=O) groups excluding carboxylic acids is 3. The summed E-state index contributed by atoms with van der Waals surface area (Å²) in [4.78, 5) is 37.7. The largest absolute Gasteiger partial charge is 0.416 e. The van der Waals surface area contributed by atoms with Gasteiger partial charge in [0.15, 0.2) is 5.82 Å². The van der Waals surface area contributed by atoms with Crippen LogP contribution in [-0.4, -0.2) is 22.1 Å². The van der Waals surface area contributed by atoms with Crippen molar-refractivity contribution in [3.05, 3.63) is 101 Å². The molecule has 1 saturated carbocycles. The van der Waals surface area contributed by atoms with Gasteiger partial charge in [-0.15, -0.1) is 29.8 Å². The maximum atomic E-state index is 14.9. The van der Waals surface area contributed by atoms with E-state index in [-0.39, 0.29) is 28.3 Å². The molecule has 0 spiro atoms. The lowest BCUT2D eigenvalue weighted by Crippen LogP contribution is -2.19. The highest BCUT2D eigenvalue weighted by molar-refractivity contribution is 6.53. The monoisotopic (exact) mass is 645 g/mol. The third-order valence-corrected chi connectivity index (χ3v) is 7.59. The fourth-order valence-corrected chi connectivity index (χ4v) is 5.28. The van der Waals surface area contributed by atoms with Crippen LogP contribution in [0.4, 0.5) is 39.0 Å². The molecule has 220 valence electrons. The average Bonchev–Trinajstić information content (AvgIpc) is 3.50. The van der Waals surface area contributed by atoms with Crippen LogP contribution in [0.3, 0.4) is 0 Å². The molecular formula is C28H19Cl3F5N3O3. The van der Waals surface area contributed by atoms with E-state index in [0.29, 0.717) is 0 Å². The van der Waals surface area contributed by atoms with Crippen LogP contribution in [0.1, 0.15) is 33.8 Å². The predicted molar refractivity (Wildman–Crippen MR) is 150 cm³/mol. The first kappa shape index (κ1) is 31.3. The zero-order valence-corrected chi connectivity index (χ0v) is 23.4. The van der Waals surface area contributed by atoms with Crippen LogP contribution in [0.2, 0.25) is 5.02 Å². The van der Waals surface area contributed by atoms with Gasteiger partial charge in [0.25, 0.3) is 5.91 Å². The average molecular weight is 647 g/mol. The van der Waals surface area contributed by atoms with Gasteiger partial charge < -0.3 is 16.0 Å². The lowest BCUT2D eigenvalue weighted by molar-refractivity contribution is -0.137. The van der Waals surface area contributed by atoms with Gasteiger partial charge in [0.1, 0.15) is 15.8 Å². The van der Waals surface area contributed by atoms with Crippen molar-refractivity contribution in [3.63, 3.8) is 0 Å². The van der Waals surface area contributed by atoms with Crippen molar-refractivity contribution in [3.8, 4) is 0 Å². The molecule has 0 aromatic heterocycles. The van der Waals surface area contributed by atoms with Gasteiger partial charge in [0, 0.05) is 18.0 Å². The van der Waals surface area contributed by atoms with Gasteiger partial charge in [-0.1, -0.05) is 35.9 Å². The van der Waals surface area contributed by atoms with Crippen LogP contribution in [0, 0.1) is 17.6 Å². The summed E-state index contributed by atoms with van der Waals surface area (Å²) in [5.74, 6) is -6.81. The molecule has 14 heteroatoms. The number of hydrogen-bond donors (Lipinski definition) is 3. The Balaban J connectivity index is 1.51. The molecule has 0 aliphatic heterocycles. The summed E-state index contributed by atoms with van der Waals surface area (Å²) >= 11 is 18.7. The number of halogens is 8. The van der Waals surface area contributed by atoms with E-state index < -0.39 is 68.6 Å². The summed E-state index contributed by atoms with van der Waals surface area (Å²) in [6.07, 6.45) is -3.58. The summed E-state index contributed by atoms with van der Waals surface area (Å²) in [5.41, 5.74) is -2.23. The first-order valence-electron chi connectivity index (χ1n) is 12.0. The van der Waals surface area contributed by atoms with E-state index in [1.54, 1.807) is 0 Å². The van der Waals surface area contributed by atoms with Gasteiger partial charge in [-0.2, -0.15) is 13.2 Å². The summed E-state index contributed by atoms with van der Waals surface area (Å²) in [7, 11) is 0. The highest BCUT2D eigenvalue weighted by Gasteiger charge is 2.67. The fourth-order valence-electron chi connectivity index (χ4n) is 4.25. The number of benzene rings is 3. The Morgan fingerprint density at radius 1 is 0.976 bits per heavy atom.